The molecular formula is C28H32F2N8O2. The number of nitrogens with zero attached hydrogens (tertiary/aromatic N) is 5. The summed E-state index contributed by atoms with van der Waals surface area (Å²) in [7, 11) is 0. The van der Waals surface area contributed by atoms with E-state index >= 15 is 0 Å². The van der Waals surface area contributed by atoms with Crippen LogP contribution in [0.3, 0.4) is 0 Å². The van der Waals surface area contributed by atoms with E-state index in [4.69, 9.17) is 10.5 Å². The summed E-state index contributed by atoms with van der Waals surface area (Å²) in [5, 5.41) is 10.7. The lowest BCUT2D eigenvalue weighted by Gasteiger charge is -2.42. The van der Waals surface area contributed by atoms with Crippen molar-refractivity contribution in [3.63, 3.8) is 0 Å². The Kier molecular flexibility index (Phi) is 7.90. The zero-order valence-corrected chi connectivity index (χ0v) is 22.6. The Balaban J connectivity index is 1.43. The van der Waals surface area contributed by atoms with Crippen molar-refractivity contribution >= 4 is 28.7 Å². The van der Waals surface area contributed by atoms with Crippen LogP contribution >= 0.6 is 0 Å². The highest BCUT2D eigenvalue weighted by Crippen LogP contribution is 2.32. The molecule has 3 atom stereocenters. The highest BCUT2D eigenvalue weighted by molar-refractivity contribution is 5.75. The zero-order valence-electron chi connectivity index (χ0n) is 22.6. The number of benzene rings is 1. The molecule has 5 rings (SSSR count). The number of ether oxygens (including phenoxy) is 1. The first-order valence-electron chi connectivity index (χ1n) is 13.1. The summed E-state index contributed by atoms with van der Waals surface area (Å²) in [6, 6.07) is 7.26. The van der Waals surface area contributed by atoms with E-state index in [1.54, 1.807) is 30.7 Å². The van der Waals surface area contributed by atoms with Crippen LogP contribution in [0.5, 0.6) is 0 Å². The first-order chi connectivity index (χ1) is 19.2. The molecule has 1 aromatic carbocycles. The summed E-state index contributed by atoms with van der Waals surface area (Å²) in [5.74, 6) is -1.09. The summed E-state index contributed by atoms with van der Waals surface area (Å²) in [6.45, 7) is 7.11. The molecule has 1 amide bonds. The van der Waals surface area contributed by atoms with Gasteiger partial charge in [-0.3, -0.25) is 9.78 Å². The molecule has 0 spiro atoms. The van der Waals surface area contributed by atoms with Gasteiger partial charge in [-0.15, -0.1) is 0 Å². The molecule has 0 radical (unpaired) electrons. The Morgan fingerprint density at radius 3 is 2.65 bits per heavy atom. The second-order valence-corrected chi connectivity index (χ2v) is 10.00. The van der Waals surface area contributed by atoms with Gasteiger partial charge in [0.25, 0.3) is 0 Å². The minimum Gasteiger partial charge on any atom is -0.377 e. The maximum atomic E-state index is 15.0. The molecule has 210 valence electrons. The summed E-state index contributed by atoms with van der Waals surface area (Å²) in [4.78, 5) is 22.5. The van der Waals surface area contributed by atoms with Crippen LogP contribution in [0.15, 0.2) is 48.9 Å². The second kappa shape index (κ2) is 11.5. The molecule has 1 aliphatic heterocycles. The van der Waals surface area contributed by atoms with E-state index in [0.29, 0.717) is 42.4 Å². The van der Waals surface area contributed by atoms with Crippen LogP contribution in [0.2, 0.25) is 0 Å². The number of rotatable bonds is 8. The third-order valence-corrected chi connectivity index (χ3v) is 6.98. The van der Waals surface area contributed by atoms with Crippen molar-refractivity contribution in [2.24, 2.45) is 11.7 Å². The van der Waals surface area contributed by atoms with Gasteiger partial charge in [0.2, 0.25) is 11.9 Å². The fourth-order valence-electron chi connectivity index (χ4n) is 5.16. The fourth-order valence-corrected chi connectivity index (χ4v) is 5.16. The van der Waals surface area contributed by atoms with Crippen LogP contribution in [0.25, 0.3) is 16.8 Å². The summed E-state index contributed by atoms with van der Waals surface area (Å²) in [5.41, 5.74) is 8.91. The molecule has 40 heavy (non-hydrogen) atoms. The van der Waals surface area contributed by atoms with Crippen molar-refractivity contribution in [1.82, 2.24) is 24.9 Å². The number of carbonyl (C=O) groups excluding carboxylic acids is 1. The highest BCUT2D eigenvalue weighted by atomic mass is 19.1. The Labute approximate surface area is 230 Å². The number of hydrogen-bond acceptors (Lipinski definition) is 8. The first kappa shape index (κ1) is 27.4. The topological polar surface area (TPSA) is 123 Å². The van der Waals surface area contributed by atoms with Gasteiger partial charge in [-0.05, 0) is 48.7 Å². The molecule has 0 bridgehead atoms. The molecule has 0 saturated carbocycles. The predicted octanol–water partition coefficient (Wildman–Crippen LogP) is 3.64. The van der Waals surface area contributed by atoms with E-state index in [9.17, 15) is 13.6 Å². The third kappa shape index (κ3) is 5.58. The van der Waals surface area contributed by atoms with Crippen LogP contribution in [0.4, 0.5) is 26.1 Å². The van der Waals surface area contributed by atoms with Gasteiger partial charge in [0, 0.05) is 44.9 Å². The average molecular weight is 551 g/mol. The van der Waals surface area contributed by atoms with Gasteiger partial charge in [-0.2, -0.15) is 9.61 Å². The Morgan fingerprint density at radius 1 is 1.18 bits per heavy atom. The van der Waals surface area contributed by atoms with Gasteiger partial charge < -0.3 is 26.0 Å². The molecule has 0 unspecified atom stereocenters. The van der Waals surface area contributed by atoms with E-state index < -0.39 is 11.6 Å². The third-order valence-electron chi connectivity index (χ3n) is 6.98. The molecule has 10 nitrogen and oxygen atoms in total. The lowest BCUT2D eigenvalue weighted by Crippen LogP contribution is -2.61. The molecule has 1 saturated heterocycles. The van der Waals surface area contributed by atoms with Crippen molar-refractivity contribution in [3.05, 3.63) is 66.1 Å². The number of halogens is 2. The molecule has 1 fully saturated rings. The van der Waals surface area contributed by atoms with Crippen molar-refractivity contribution in [2.75, 3.05) is 29.9 Å². The maximum absolute atomic E-state index is 15.0. The SMILES string of the molecule is CCOCc1cc(F)c(-c2ccc3cnc(Nc4cnccc4N4C[C@@H](N)[C@@H](NC(C)=O)[C@@H](C)C4)n3n2)c(F)c1. The van der Waals surface area contributed by atoms with E-state index in [-0.39, 0.29) is 41.8 Å². The van der Waals surface area contributed by atoms with Crippen LogP contribution in [0.1, 0.15) is 26.3 Å². The summed E-state index contributed by atoms with van der Waals surface area (Å²) >= 11 is 0. The molecule has 4 heterocycles. The molecule has 4 aromatic rings. The molecular weight excluding hydrogens is 518 g/mol. The normalized spacial score (nSPS) is 19.1. The lowest BCUT2D eigenvalue weighted by molar-refractivity contribution is -0.120. The number of anilines is 3. The van der Waals surface area contributed by atoms with Crippen LogP contribution in [0, 0.1) is 17.6 Å². The fraction of sp³-hybridized carbons (Fsp3) is 0.357. The molecule has 12 heteroatoms. The number of nitrogens with one attached hydrogen (secondary N) is 2. The van der Waals surface area contributed by atoms with Crippen LogP contribution in [-0.4, -0.2) is 57.3 Å². The smallest absolute Gasteiger partial charge is 0.229 e. The molecule has 0 aliphatic carbocycles. The lowest BCUT2D eigenvalue weighted by atomic mass is 9.89. The zero-order chi connectivity index (χ0) is 28.4. The van der Waals surface area contributed by atoms with Crippen molar-refractivity contribution in [2.45, 2.75) is 39.5 Å². The highest BCUT2D eigenvalue weighted by Gasteiger charge is 2.34. The minimum atomic E-state index is -0.723. The van der Waals surface area contributed by atoms with Gasteiger partial charge in [-0.1, -0.05) is 6.92 Å². The van der Waals surface area contributed by atoms with Crippen molar-refractivity contribution < 1.29 is 18.3 Å². The van der Waals surface area contributed by atoms with Crippen molar-refractivity contribution in [3.8, 4) is 11.3 Å². The summed E-state index contributed by atoms with van der Waals surface area (Å²) in [6.07, 6.45) is 4.98. The number of nitrogens with two attached hydrogens (primary N) is 1. The van der Waals surface area contributed by atoms with Gasteiger partial charge in [0.05, 0.1) is 47.1 Å². The number of hydrogen-bond donors (Lipinski definition) is 3. The number of amides is 1. The van der Waals surface area contributed by atoms with E-state index in [0.717, 1.165) is 5.69 Å². The van der Waals surface area contributed by atoms with E-state index in [1.807, 2.05) is 13.0 Å². The largest absolute Gasteiger partial charge is 0.377 e. The number of carbonyl (C=O) groups is 1. The van der Waals surface area contributed by atoms with Crippen molar-refractivity contribution in [1.29, 1.82) is 0 Å². The second-order valence-electron chi connectivity index (χ2n) is 10.00. The number of piperidine rings is 1. The molecule has 3 aromatic heterocycles. The average Bonchev–Trinajstić information content (AvgIpc) is 3.31. The summed E-state index contributed by atoms with van der Waals surface area (Å²) < 4.78 is 36.8. The first-order valence-corrected chi connectivity index (χ1v) is 13.1. The van der Waals surface area contributed by atoms with Crippen LogP contribution in [-0.2, 0) is 16.1 Å². The van der Waals surface area contributed by atoms with Crippen LogP contribution < -0.4 is 21.3 Å². The van der Waals surface area contributed by atoms with Gasteiger partial charge in [0.1, 0.15) is 11.6 Å². The molecule has 4 N–H and O–H groups in total. The van der Waals surface area contributed by atoms with E-state index in [1.165, 1.54) is 23.6 Å². The number of imidazole rings is 1. The standard InChI is InChI=1S/C28H32F2N8O2/c1-4-40-15-18-9-20(29)26(21(30)10-18)23-6-5-19-11-33-28(38(19)36-23)35-24-12-32-8-7-25(24)37-13-16(2)27(22(31)14-37)34-17(3)39/h5-12,16,22,27H,4,13-15,31H2,1-3H3,(H,33,35)(H,34,39)/t16-,22+,27-/m0/s1. The molecule has 1 aliphatic rings. The maximum Gasteiger partial charge on any atom is 0.229 e. The Morgan fingerprint density at radius 2 is 1.95 bits per heavy atom. The van der Waals surface area contributed by atoms with Gasteiger partial charge in [-0.25, -0.2) is 13.8 Å². The minimum absolute atomic E-state index is 0.105. The number of aromatic nitrogens is 4. The predicted molar refractivity (Wildman–Crippen MR) is 148 cm³/mol. The van der Waals surface area contributed by atoms with Gasteiger partial charge in [0.15, 0.2) is 0 Å². The quantitative estimate of drug-likeness (QED) is 0.304. The van der Waals surface area contributed by atoms with E-state index in [2.05, 4.69) is 37.5 Å². The Hall–Kier alpha value is -4.16. The van der Waals surface area contributed by atoms with Gasteiger partial charge >= 0.3 is 0 Å². The monoisotopic (exact) mass is 550 g/mol. The Bertz CT molecular complexity index is 1490. The number of fused-ring (bicyclic) bond motifs is 1. The number of pyridine rings is 1.